The summed E-state index contributed by atoms with van der Waals surface area (Å²) in [5.74, 6) is 0.178. The molecule has 3 heteroatoms. The maximum Gasteiger partial charge on any atom is 0.123 e. The highest BCUT2D eigenvalue weighted by molar-refractivity contribution is 6.31. The first-order valence-corrected chi connectivity index (χ1v) is 7.26. The Morgan fingerprint density at radius 3 is 2.40 bits per heavy atom. The van der Waals surface area contributed by atoms with Crippen molar-refractivity contribution in [3.05, 3.63) is 70.0 Å². The molecule has 0 saturated heterocycles. The minimum absolute atomic E-state index is 0.0746. The average molecular weight is 290 g/mol. The SMILES string of the molecule is CNC(c1cc(F)ccc1Cl)C1Cc2ccccc2C1. The third kappa shape index (κ3) is 2.46. The summed E-state index contributed by atoms with van der Waals surface area (Å²) in [4.78, 5) is 0. The Kier molecular flexibility index (Phi) is 3.77. The van der Waals surface area contributed by atoms with E-state index in [0.717, 1.165) is 18.4 Å². The number of benzene rings is 2. The van der Waals surface area contributed by atoms with Gasteiger partial charge in [-0.05, 0) is 60.7 Å². The number of fused-ring (bicyclic) bond motifs is 1. The smallest absolute Gasteiger partial charge is 0.123 e. The highest BCUT2D eigenvalue weighted by Crippen LogP contribution is 2.37. The minimum atomic E-state index is -0.236. The fraction of sp³-hybridized carbons (Fsp3) is 0.294. The maximum absolute atomic E-state index is 13.5. The molecule has 1 N–H and O–H groups in total. The van der Waals surface area contributed by atoms with Crippen LogP contribution in [0.4, 0.5) is 4.39 Å². The van der Waals surface area contributed by atoms with Gasteiger partial charge < -0.3 is 5.32 Å². The molecule has 2 aromatic carbocycles. The summed E-state index contributed by atoms with van der Waals surface area (Å²) in [6, 6.07) is 13.2. The molecule has 0 aromatic heterocycles. The van der Waals surface area contributed by atoms with Crippen LogP contribution in [0.15, 0.2) is 42.5 Å². The summed E-state index contributed by atoms with van der Waals surface area (Å²) in [6.07, 6.45) is 2.02. The predicted molar refractivity (Wildman–Crippen MR) is 80.6 cm³/mol. The molecule has 20 heavy (non-hydrogen) atoms. The molecule has 0 radical (unpaired) electrons. The Bertz CT molecular complexity index is 601. The van der Waals surface area contributed by atoms with Crippen LogP contribution in [0.5, 0.6) is 0 Å². The second-order valence-electron chi connectivity index (χ2n) is 5.37. The number of hydrogen-bond acceptors (Lipinski definition) is 1. The van der Waals surface area contributed by atoms with Crippen LogP contribution in [0.3, 0.4) is 0 Å². The van der Waals surface area contributed by atoms with Crippen LogP contribution >= 0.6 is 11.6 Å². The Hall–Kier alpha value is -1.38. The second kappa shape index (κ2) is 5.55. The Balaban J connectivity index is 1.91. The summed E-state index contributed by atoms with van der Waals surface area (Å²) in [5.41, 5.74) is 3.64. The molecule has 2 aromatic rings. The number of rotatable bonds is 3. The third-order valence-corrected chi connectivity index (χ3v) is 4.50. The van der Waals surface area contributed by atoms with Gasteiger partial charge in [-0.3, -0.25) is 0 Å². The van der Waals surface area contributed by atoms with Crippen LogP contribution in [0, 0.1) is 11.7 Å². The molecular formula is C17H17ClFN. The first-order valence-electron chi connectivity index (χ1n) is 6.88. The lowest BCUT2D eigenvalue weighted by atomic mass is 9.90. The molecule has 1 nitrogen and oxygen atoms in total. The monoisotopic (exact) mass is 289 g/mol. The Labute approximate surface area is 123 Å². The quantitative estimate of drug-likeness (QED) is 0.895. The number of nitrogens with one attached hydrogen (secondary N) is 1. The van der Waals surface area contributed by atoms with Crippen LogP contribution in [-0.2, 0) is 12.8 Å². The fourth-order valence-corrected chi connectivity index (χ4v) is 3.46. The largest absolute Gasteiger partial charge is 0.313 e. The van der Waals surface area contributed by atoms with E-state index in [4.69, 9.17) is 11.6 Å². The van der Waals surface area contributed by atoms with Crippen molar-refractivity contribution in [2.45, 2.75) is 18.9 Å². The average Bonchev–Trinajstić information content (AvgIpc) is 2.87. The number of halogens is 2. The van der Waals surface area contributed by atoms with Crippen LogP contribution in [0.1, 0.15) is 22.7 Å². The van der Waals surface area contributed by atoms with Crippen molar-refractivity contribution < 1.29 is 4.39 Å². The fourth-order valence-electron chi connectivity index (χ4n) is 3.23. The van der Waals surface area contributed by atoms with Gasteiger partial charge in [-0.25, -0.2) is 4.39 Å². The second-order valence-corrected chi connectivity index (χ2v) is 5.78. The molecule has 0 bridgehead atoms. The van der Waals surface area contributed by atoms with E-state index in [0.29, 0.717) is 10.9 Å². The third-order valence-electron chi connectivity index (χ3n) is 4.16. The van der Waals surface area contributed by atoms with Gasteiger partial charge in [0.1, 0.15) is 5.82 Å². The Morgan fingerprint density at radius 2 is 1.80 bits per heavy atom. The van der Waals surface area contributed by atoms with Crippen LogP contribution in [0.25, 0.3) is 0 Å². The van der Waals surface area contributed by atoms with Gasteiger partial charge in [0.25, 0.3) is 0 Å². The van der Waals surface area contributed by atoms with Crippen LogP contribution in [-0.4, -0.2) is 7.05 Å². The molecule has 1 aliphatic carbocycles. The van der Waals surface area contributed by atoms with Gasteiger partial charge in [-0.15, -0.1) is 0 Å². The lowest BCUT2D eigenvalue weighted by molar-refractivity contribution is 0.396. The van der Waals surface area contributed by atoms with E-state index >= 15 is 0 Å². The standard InChI is InChI=1S/C17H17ClFN/c1-20-17(15-10-14(19)6-7-16(15)18)13-8-11-4-2-3-5-12(11)9-13/h2-7,10,13,17,20H,8-9H2,1H3. The van der Waals surface area contributed by atoms with E-state index in [2.05, 4.69) is 29.6 Å². The zero-order chi connectivity index (χ0) is 14.1. The molecule has 0 fully saturated rings. The van der Waals surface area contributed by atoms with Gasteiger partial charge >= 0.3 is 0 Å². The normalized spacial score (nSPS) is 16.1. The van der Waals surface area contributed by atoms with Crippen molar-refractivity contribution >= 4 is 11.6 Å². The lowest BCUT2D eigenvalue weighted by Crippen LogP contribution is -2.26. The maximum atomic E-state index is 13.5. The van der Waals surface area contributed by atoms with Crippen molar-refractivity contribution in [3.63, 3.8) is 0 Å². The van der Waals surface area contributed by atoms with E-state index < -0.39 is 0 Å². The minimum Gasteiger partial charge on any atom is -0.313 e. The van der Waals surface area contributed by atoms with E-state index in [9.17, 15) is 4.39 Å². The van der Waals surface area contributed by atoms with Gasteiger partial charge in [-0.1, -0.05) is 35.9 Å². The van der Waals surface area contributed by atoms with Crippen molar-refractivity contribution in [1.82, 2.24) is 5.32 Å². The molecule has 1 atom stereocenters. The van der Waals surface area contributed by atoms with Crippen LogP contribution < -0.4 is 5.32 Å². The van der Waals surface area contributed by atoms with Gasteiger partial charge in [0.2, 0.25) is 0 Å². The van der Waals surface area contributed by atoms with E-state index in [1.54, 1.807) is 12.1 Å². The molecule has 0 aliphatic heterocycles. The van der Waals surface area contributed by atoms with Crippen molar-refractivity contribution in [2.75, 3.05) is 7.05 Å². The molecule has 0 saturated carbocycles. The molecule has 104 valence electrons. The molecule has 1 aliphatic rings. The first kappa shape index (κ1) is 13.6. The zero-order valence-corrected chi connectivity index (χ0v) is 12.1. The molecule has 0 amide bonds. The van der Waals surface area contributed by atoms with E-state index in [-0.39, 0.29) is 11.9 Å². The van der Waals surface area contributed by atoms with Gasteiger partial charge in [0.05, 0.1) is 0 Å². The summed E-state index contributed by atoms with van der Waals surface area (Å²) in [7, 11) is 1.91. The molecule has 0 spiro atoms. The van der Waals surface area contributed by atoms with Gasteiger partial charge in [-0.2, -0.15) is 0 Å². The highest BCUT2D eigenvalue weighted by Gasteiger charge is 2.29. The lowest BCUT2D eigenvalue weighted by Gasteiger charge is -2.24. The van der Waals surface area contributed by atoms with Gasteiger partial charge in [0, 0.05) is 11.1 Å². The van der Waals surface area contributed by atoms with Gasteiger partial charge in [0.15, 0.2) is 0 Å². The molecule has 0 heterocycles. The molecule has 1 unspecified atom stereocenters. The molecule has 3 rings (SSSR count). The summed E-state index contributed by atoms with van der Waals surface area (Å²) in [5, 5.41) is 3.94. The first-order chi connectivity index (χ1) is 9.69. The zero-order valence-electron chi connectivity index (χ0n) is 11.4. The summed E-state index contributed by atoms with van der Waals surface area (Å²) < 4.78 is 13.5. The highest BCUT2D eigenvalue weighted by atomic mass is 35.5. The summed E-state index contributed by atoms with van der Waals surface area (Å²) >= 11 is 6.25. The van der Waals surface area contributed by atoms with Crippen molar-refractivity contribution in [2.24, 2.45) is 5.92 Å². The van der Waals surface area contributed by atoms with Crippen molar-refractivity contribution in [3.8, 4) is 0 Å². The van der Waals surface area contributed by atoms with E-state index in [1.165, 1.54) is 17.2 Å². The molecular weight excluding hydrogens is 273 g/mol. The topological polar surface area (TPSA) is 12.0 Å². The summed E-state index contributed by atoms with van der Waals surface area (Å²) in [6.45, 7) is 0. The van der Waals surface area contributed by atoms with Crippen LogP contribution in [0.2, 0.25) is 5.02 Å². The van der Waals surface area contributed by atoms with Crippen molar-refractivity contribution in [1.29, 1.82) is 0 Å². The predicted octanol–water partition coefficient (Wildman–Crippen LogP) is 4.15. The number of hydrogen-bond donors (Lipinski definition) is 1. The Morgan fingerprint density at radius 1 is 1.15 bits per heavy atom. The van der Waals surface area contributed by atoms with E-state index in [1.807, 2.05) is 7.05 Å².